The third-order valence-corrected chi connectivity index (χ3v) is 4.11. The van der Waals surface area contributed by atoms with Crippen molar-refractivity contribution in [1.82, 2.24) is 14.9 Å². The lowest BCUT2D eigenvalue weighted by Crippen LogP contribution is -2.52. The van der Waals surface area contributed by atoms with Crippen LogP contribution in [-0.4, -0.2) is 15.5 Å². The van der Waals surface area contributed by atoms with E-state index in [1.54, 1.807) is 19.1 Å². The largest absolute Gasteiger partial charge is 0.338 e. The van der Waals surface area contributed by atoms with Crippen molar-refractivity contribution in [2.24, 2.45) is 0 Å². The van der Waals surface area contributed by atoms with Crippen molar-refractivity contribution in [3.05, 3.63) is 51.8 Å². The summed E-state index contributed by atoms with van der Waals surface area (Å²) in [5, 5.41) is 2.66. The Morgan fingerprint density at radius 3 is 2.86 bits per heavy atom. The minimum absolute atomic E-state index is 0.0943. The molecular formula is C14H11BrF3N3O. The van der Waals surface area contributed by atoms with E-state index in [4.69, 9.17) is 0 Å². The molecule has 1 N–H and O–H groups in total. The first-order valence-corrected chi connectivity index (χ1v) is 7.23. The van der Waals surface area contributed by atoms with Crippen molar-refractivity contribution in [2.75, 3.05) is 0 Å². The Morgan fingerprint density at radius 2 is 2.18 bits per heavy atom. The summed E-state index contributed by atoms with van der Waals surface area (Å²) in [4.78, 5) is 15.8. The standard InChI is InChI=1S/C14H11BrF3N3O/c1-14(8-4-7(15)2-3-9(8)16)6-21-5-10(11(17)18)19-12(21)13(22)20-14/h2-5,11H,6H2,1H3,(H,20,22)/t14-/m0/s1. The van der Waals surface area contributed by atoms with Gasteiger partial charge in [-0.1, -0.05) is 15.9 Å². The zero-order valence-electron chi connectivity index (χ0n) is 11.4. The van der Waals surface area contributed by atoms with Crippen LogP contribution < -0.4 is 5.32 Å². The Balaban J connectivity index is 2.07. The molecule has 2 aromatic rings. The van der Waals surface area contributed by atoms with Crippen LogP contribution >= 0.6 is 15.9 Å². The Labute approximate surface area is 132 Å². The molecule has 1 aliphatic rings. The molecule has 8 heteroatoms. The van der Waals surface area contributed by atoms with Gasteiger partial charge in [0.1, 0.15) is 11.5 Å². The molecule has 1 atom stereocenters. The SMILES string of the molecule is C[C@@]1(c2cc(Br)ccc2F)Cn2cc(C(F)F)nc2C(=O)N1. The number of rotatable bonds is 2. The second-order valence-electron chi connectivity index (χ2n) is 5.33. The quantitative estimate of drug-likeness (QED) is 0.876. The van der Waals surface area contributed by atoms with Crippen LogP contribution in [0.5, 0.6) is 0 Å². The minimum atomic E-state index is -2.76. The van der Waals surface area contributed by atoms with Crippen LogP contribution in [0.1, 0.15) is 35.2 Å². The highest BCUT2D eigenvalue weighted by Crippen LogP contribution is 2.32. The van der Waals surface area contributed by atoms with Gasteiger partial charge in [-0.25, -0.2) is 18.2 Å². The average molecular weight is 374 g/mol. The number of alkyl halides is 2. The van der Waals surface area contributed by atoms with E-state index in [2.05, 4.69) is 26.2 Å². The second-order valence-corrected chi connectivity index (χ2v) is 6.24. The summed E-state index contributed by atoms with van der Waals surface area (Å²) in [6.45, 7) is 1.75. The van der Waals surface area contributed by atoms with Crippen molar-refractivity contribution < 1.29 is 18.0 Å². The highest BCUT2D eigenvalue weighted by Gasteiger charge is 2.39. The Kier molecular flexibility index (Phi) is 3.51. The van der Waals surface area contributed by atoms with Crippen molar-refractivity contribution in [3.63, 3.8) is 0 Å². The first kappa shape index (κ1) is 15.1. The highest BCUT2D eigenvalue weighted by atomic mass is 79.9. The number of carbonyl (C=O) groups excluding carboxylic acids is 1. The lowest BCUT2D eigenvalue weighted by Gasteiger charge is -2.35. The van der Waals surface area contributed by atoms with Crippen molar-refractivity contribution >= 4 is 21.8 Å². The van der Waals surface area contributed by atoms with E-state index in [9.17, 15) is 18.0 Å². The highest BCUT2D eigenvalue weighted by molar-refractivity contribution is 9.10. The van der Waals surface area contributed by atoms with Crippen LogP contribution in [0, 0.1) is 5.82 Å². The number of nitrogens with zero attached hydrogens (tertiary/aromatic N) is 2. The van der Waals surface area contributed by atoms with Gasteiger partial charge in [-0.2, -0.15) is 0 Å². The minimum Gasteiger partial charge on any atom is -0.338 e. The van der Waals surface area contributed by atoms with Gasteiger partial charge in [0, 0.05) is 16.2 Å². The van der Waals surface area contributed by atoms with Crippen LogP contribution in [-0.2, 0) is 12.1 Å². The molecule has 3 rings (SSSR count). The smallest absolute Gasteiger partial charge is 0.288 e. The van der Waals surface area contributed by atoms with Crippen molar-refractivity contribution in [1.29, 1.82) is 0 Å². The summed E-state index contributed by atoms with van der Waals surface area (Å²) in [6.07, 6.45) is -1.63. The van der Waals surface area contributed by atoms with Crippen LogP contribution in [0.2, 0.25) is 0 Å². The fraction of sp³-hybridized carbons (Fsp3) is 0.286. The molecule has 0 unspecified atom stereocenters. The number of hydrogen-bond donors (Lipinski definition) is 1. The van der Waals surface area contributed by atoms with E-state index < -0.39 is 29.4 Å². The zero-order valence-corrected chi connectivity index (χ0v) is 13.0. The van der Waals surface area contributed by atoms with E-state index in [0.29, 0.717) is 4.47 Å². The molecule has 0 saturated heterocycles. The summed E-state index contributed by atoms with van der Waals surface area (Å²) >= 11 is 3.26. The predicted octanol–water partition coefficient (Wildman–Crippen LogP) is 3.38. The normalized spacial score (nSPS) is 20.9. The Hall–Kier alpha value is -1.83. The van der Waals surface area contributed by atoms with Crippen LogP contribution in [0.15, 0.2) is 28.9 Å². The van der Waals surface area contributed by atoms with E-state index in [1.165, 1.54) is 10.6 Å². The molecule has 116 valence electrons. The van der Waals surface area contributed by atoms with Crippen LogP contribution in [0.3, 0.4) is 0 Å². The lowest BCUT2D eigenvalue weighted by atomic mass is 9.90. The van der Waals surface area contributed by atoms with Crippen molar-refractivity contribution in [2.45, 2.75) is 25.4 Å². The summed E-state index contributed by atoms with van der Waals surface area (Å²) in [6, 6.07) is 4.39. The molecule has 1 aliphatic heterocycles. The monoisotopic (exact) mass is 373 g/mol. The average Bonchev–Trinajstić information content (AvgIpc) is 2.85. The number of halogens is 4. The molecule has 0 aliphatic carbocycles. The summed E-state index contributed by atoms with van der Waals surface area (Å²) in [7, 11) is 0. The lowest BCUT2D eigenvalue weighted by molar-refractivity contribution is 0.0837. The fourth-order valence-corrected chi connectivity index (χ4v) is 2.96. The van der Waals surface area contributed by atoms with Crippen LogP contribution in [0.25, 0.3) is 0 Å². The number of carbonyl (C=O) groups is 1. The maximum atomic E-state index is 14.1. The van der Waals surface area contributed by atoms with E-state index >= 15 is 0 Å². The van der Waals surface area contributed by atoms with E-state index in [-0.39, 0.29) is 17.9 Å². The number of amides is 1. The van der Waals surface area contributed by atoms with Gasteiger partial charge in [-0.3, -0.25) is 4.79 Å². The molecule has 0 bridgehead atoms. The topological polar surface area (TPSA) is 46.9 Å². The van der Waals surface area contributed by atoms with Crippen LogP contribution in [0.4, 0.5) is 13.2 Å². The second kappa shape index (κ2) is 5.12. The number of benzene rings is 1. The predicted molar refractivity (Wildman–Crippen MR) is 76.1 cm³/mol. The van der Waals surface area contributed by atoms with Crippen molar-refractivity contribution in [3.8, 4) is 0 Å². The number of fused-ring (bicyclic) bond motifs is 1. The van der Waals surface area contributed by atoms with Gasteiger partial charge >= 0.3 is 0 Å². The molecule has 0 radical (unpaired) electrons. The summed E-state index contributed by atoms with van der Waals surface area (Å²) in [5.41, 5.74) is -1.25. The number of aromatic nitrogens is 2. The van der Waals surface area contributed by atoms with Gasteiger partial charge in [-0.15, -0.1) is 0 Å². The van der Waals surface area contributed by atoms with Gasteiger partial charge in [0.25, 0.3) is 12.3 Å². The Morgan fingerprint density at radius 1 is 1.45 bits per heavy atom. The van der Waals surface area contributed by atoms with Gasteiger partial charge in [0.05, 0.1) is 12.1 Å². The maximum Gasteiger partial charge on any atom is 0.288 e. The third kappa shape index (κ3) is 2.41. The van der Waals surface area contributed by atoms with Gasteiger partial charge in [-0.05, 0) is 25.1 Å². The first-order valence-electron chi connectivity index (χ1n) is 6.43. The summed E-state index contributed by atoms with van der Waals surface area (Å²) in [5.74, 6) is -1.19. The molecule has 1 amide bonds. The fourth-order valence-electron chi connectivity index (χ4n) is 2.60. The molecule has 2 heterocycles. The molecule has 1 aromatic heterocycles. The number of hydrogen-bond acceptors (Lipinski definition) is 2. The molecule has 4 nitrogen and oxygen atoms in total. The van der Waals surface area contributed by atoms with Gasteiger partial charge in [0.15, 0.2) is 5.82 Å². The third-order valence-electron chi connectivity index (χ3n) is 3.62. The summed E-state index contributed by atoms with van der Waals surface area (Å²) < 4.78 is 41.6. The van der Waals surface area contributed by atoms with Gasteiger partial charge in [0.2, 0.25) is 0 Å². The number of imidazole rings is 1. The van der Waals surface area contributed by atoms with Gasteiger partial charge < -0.3 is 9.88 Å². The maximum absolute atomic E-state index is 14.1. The van der Waals surface area contributed by atoms with E-state index in [0.717, 1.165) is 6.20 Å². The molecule has 1 aromatic carbocycles. The Bertz CT molecular complexity index is 762. The van der Waals surface area contributed by atoms with E-state index in [1.807, 2.05) is 0 Å². The molecule has 0 spiro atoms. The molecule has 0 fully saturated rings. The first-order chi connectivity index (χ1) is 10.3. The molecule has 22 heavy (non-hydrogen) atoms. The zero-order chi connectivity index (χ0) is 16.1. The molecular weight excluding hydrogens is 363 g/mol. The molecule has 0 saturated carbocycles. The number of nitrogens with one attached hydrogen (secondary N) is 1.